The molecular weight excluding hydrogens is 308 g/mol. The van der Waals surface area contributed by atoms with Crippen LogP contribution in [0.5, 0.6) is 0 Å². The molecular formula is C17H18N4OS. The van der Waals surface area contributed by atoms with Crippen molar-refractivity contribution in [3.05, 3.63) is 51.6 Å². The molecule has 0 bridgehead atoms. The molecule has 0 saturated heterocycles. The van der Waals surface area contributed by atoms with Crippen molar-refractivity contribution in [2.45, 2.75) is 32.7 Å². The number of amides is 1. The Bertz CT molecular complexity index is 853. The highest BCUT2D eigenvalue weighted by Gasteiger charge is 2.21. The Hall–Kier alpha value is -2.21. The third-order valence-electron chi connectivity index (χ3n) is 4.40. The number of thiophene rings is 1. The molecule has 1 amide bonds. The largest absolute Gasteiger partial charge is 0.347 e. The van der Waals surface area contributed by atoms with Crippen molar-refractivity contribution >= 4 is 22.9 Å². The molecule has 0 fully saturated rings. The molecule has 1 N–H and O–H groups in total. The van der Waals surface area contributed by atoms with Crippen LogP contribution in [-0.2, 0) is 19.4 Å². The van der Waals surface area contributed by atoms with Crippen LogP contribution in [0, 0.1) is 5.92 Å². The van der Waals surface area contributed by atoms with Gasteiger partial charge >= 0.3 is 0 Å². The molecule has 3 aromatic heterocycles. The van der Waals surface area contributed by atoms with E-state index in [4.69, 9.17) is 0 Å². The van der Waals surface area contributed by atoms with E-state index in [1.54, 1.807) is 17.5 Å². The second-order valence-electron chi connectivity index (χ2n) is 6.13. The number of nitrogens with zero attached hydrogens (tertiary/aromatic N) is 3. The number of carbonyl (C=O) groups is 1. The number of rotatable bonds is 3. The SMILES string of the molecule is CC1CCc2c(cnc3c(C(=O)NCc4cccs4)cnn23)C1. The molecule has 0 aromatic carbocycles. The molecule has 3 aromatic rings. The third-order valence-corrected chi connectivity index (χ3v) is 5.28. The van der Waals surface area contributed by atoms with Gasteiger partial charge in [-0.2, -0.15) is 5.10 Å². The molecule has 0 radical (unpaired) electrons. The van der Waals surface area contributed by atoms with Gasteiger partial charge in [-0.1, -0.05) is 13.0 Å². The van der Waals surface area contributed by atoms with Crippen LogP contribution in [0.4, 0.5) is 0 Å². The van der Waals surface area contributed by atoms with Crippen LogP contribution in [0.2, 0.25) is 0 Å². The van der Waals surface area contributed by atoms with Crippen LogP contribution < -0.4 is 5.32 Å². The van der Waals surface area contributed by atoms with Crippen molar-refractivity contribution in [2.75, 3.05) is 0 Å². The first kappa shape index (κ1) is 14.4. The third kappa shape index (κ3) is 2.63. The van der Waals surface area contributed by atoms with Gasteiger partial charge in [-0.25, -0.2) is 9.50 Å². The summed E-state index contributed by atoms with van der Waals surface area (Å²) in [4.78, 5) is 18.1. The maximum absolute atomic E-state index is 12.4. The summed E-state index contributed by atoms with van der Waals surface area (Å²) < 4.78 is 1.85. The van der Waals surface area contributed by atoms with Crippen LogP contribution in [0.3, 0.4) is 0 Å². The van der Waals surface area contributed by atoms with E-state index in [0.717, 1.165) is 24.1 Å². The first-order valence-corrected chi connectivity index (χ1v) is 8.75. The molecule has 6 heteroatoms. The van der Waals surface area contributed by atoms with E-state index < -0.39 is 0 Å². The fraction of sp³-hybridized carbons (Fsp3) is 0.353. The normalized spacial score (nSPS) is 17.2. The molecule has 1 unspecified atom stereocenters. The van der Waals surface area contributed by atoms with Gasteiger partial charge in [0.25, 0.3) is 5.91 Å². The summed E-state index contributed by atoms with van der Waals surface area (Å²) in [5.74, 6) is 0.566. The first-order chi connectivity index (χ1) is 11.2. The van der Waals surface area contributed by atoms with Gasteiger partial charge in [0, 0.05) is 16.8 Å². The van der Waals surface area contributed by atoms with E-state index >= 15 is 0 Å². The number of nitrogens with one attached hydrogen (secondary N) is 1. The van der Waals surface area contributed by atoms with E-state index in [9.17, 15) is 4.79 Å². The van der Waals surface area contributed by atoms with Gasteiger partial charge in [0.1, 0.15) is 5.56 Å². The Morgan fingerprint density at radius 1 is 1.48 bits per heavy atom. The maximum atomic E-state index is 12.4. The van der Waals surface area contributed by atoms with E-state index in [1.807, 2.05) is 28.2 Å². The standard InChI is InChI=1S/C17H18N4OS/c1-11-4-5-15-12(7-11)8-18-16-14(10-20-21(15)16)17(22)19-9-13-3-2-6-23-13/h2-3,6,8,10-11H,4-5,7,9H2,1H3,(H,19,22). The monoisotopic (exact) mass is 326 g/mol. The fourth-order valence-corrected chi connectivity index (χ4v) is 3.79. The van der Waals surface area contributed by atoms with Crippen molar-refractivity contribution < 1.29 is 4.79 Å². The summed E-state index contributed by atoms with van der Waals surface area (Å²) in [7, 11) is 0. The number of aryl methyl sites for hydroxylation is 1. The van der Waals surface area contributed by atoms with Crippen LogP contribution >= 0.6 is 11.3 Å². The van der Waals surface area contributed by atoms with Gasteiger partial charge in [-0.3, -0.25) is 4.79 Å². The molecule has 1 aliphatic carbocycles. The van der Waals surface area contributed by atoms with Crippen LogP contribution in [0.25, 0.3) is 5.65 Å². The smallest absolute Gasteiger partial charge is 0.257 e. The highest BCUT2D eigenvalue weighted by molar-refractivity contribution is 7.09. The number of hydrogen-bond acceptors (Lipinski definition) is 4. The van der Waals surface area contributed by atoms with Crippen molar-refractivity contribution in [1.29, 1.82) is 0 Å². The van der Waals surface area contributed by atoms with Crippen LogP contribution in [-0.4, -0.2) is 20.5 Å². The quantitative estimate of drug-likeness (QED) is 0.805. The zero-order valence-electron chi connectivity index (χ0n) is 13.0. The number of aromatic nitrogens is 3. The van der Waals surface area contributed by atoms with Crippen molar-refractivity contribution in [3.63, 3.8) is 0 Å². The average Bonchev–Trinajstić information content (AvgIpc) is 3.21. The summed E-state index contributed by atoms with van der Waals surface area (Å²) >= 11 is 1.63. The van der Waals surface area contributed by atoms with Gasteiger partial charge in [0.05, 0.1) is 12.7 Å². The highest BCUT2D eigenvalue weighted by Crippen LogP contribution is 2.25. The Morgan fingerprint density at radius 3 is 3.22 bits per heavy atom. The first-order valence-electron chi connectivity index (χ1n) is 7.87. The molecule has 23 heavy (non-hydrogen) atoms. The van der Waals surface area contributed by atoms with Crippen molar-refractivity contribution in [2.24, 2.45) is 5.92 Å². The Morgan fingerprint density at radius 2 is 2.39 bits per heavy atom. The zero-order chi connectivity index (χ0) is 15.8. The van der Waals surface area contributed by atoms with Gasteiger partial charge < -0.3 is 5.32 Å². The average molecular weight is 326 g/mol. The summed E-state index contributed by atoms with van der Waals surface area (Å²) in [5.41, 5.74) is 3.65. The Kier molecular flexibility index (Phi) is 3.61. The topological polar surface area (TPSA) is 59.3 Å². The van der Waals surface area contributed by atoms with Gasteiger partial charge in [-0.15, -0.1) is 11.3 Å². The predicted octanol–water partition coefficient (Wildman–Crippen LogP) is 2.85. The minimum Gasteiger partial charge on any atom is -0.347 e. The lowest BCUT2D eigenvalue weighted by Gasteiger charge is -2.21. The number of hydrogen-bond donors (Lipinski definition) is 1. The van der Waals surface area contributed by atoms with Crippen molar-refractivity contribution in [3.8, 4) is 0 Å². The molecule has 4 rings (SSSR count). The van der Waals surface area contributed by atoms with E-state index in [0.29, 0.717) is 23.7 Å². The molecule has 0 aliphatic heterocycles. The lowest BCUT2D eigenvalue weighted by Crippen LogP contribution is -2.22. The van der Waals surface area contributed by atoms with Crippen molar-refractivity contribution in [1.82, 2.24) is 19.9 Å². The fourth-order valence-electron chi connectivity index (χ4n) is 3.15. The molecule has 0 spiro atoms. The van der Waals surface area contributed by atoms with Crippen LogP contribution in [0.15, 0.2) is 29.9 Å². The van der Waals surface area contributed by atoms with E-state index in [1.165, 1.54) is 11.3 Å². The molecule has 1 atom stereocenters. The highest BCUT2D eigenvalue weighted by atomic mass is 32.1. The Balaban J connectivity index is 1.62. The van der Waals surface area contributed by atoms with E-state index in [-0.39, 0.29) is 5.91 Å². The molecule has 1 aliphatic rings. The predicted molar refractivity (Wildman–Crippen MR) is 89.7 cm³/mol. The van der Waals surface area contributed by atoms with Gasteiger partial charge in [-0.05, 0) is 42.2 Å². The maximum Gasteiger partial charge on any atom is 0.257 e. The summed E-state index contributed by atoms with van der Waals surface area (Å²) in [6.07, 6.45) is 6.74. The number of carbonyl (C=O) groups excluding carboxylic acids is 1. The van der Waals surface area contributed by atoms with Gasteiger partial charge in [0.2, 0.25) is 0 Å². The lowest BCUT2D eigenvalue weighted by atomic mass is 9.89. The molecule has 5 nitrogen and oxygen atoms in total. The zero-order valence-corrected chi connectivity index (χ0v) is 13.8. The van der Waals surface area contributed by atoms with Crippen LogP contribution in [0.1, 0.15) is 39.8 Å². The minimum atomic E-state index is -0.120. The minimum absolute atomic E-state index is 0.120. The Labute approximate surface area is 138 Å². The second kappa shape index (κ2) is 5.77. The van der Waals surface area contributed by atoms with Gasteiger partial charge in [0.15, 0.2) is 5.65 Å². The lowest BCUT2D eigenvalue weighted by molar-refractivity contribution is 0.0952. The van der Waals surface area contributed by atoms with E-state index in [2.05, 4.69) is 22.3 Å². The number of fused-ring (bicyclic) bond motifs is 3. The summed E-state index contributed by atoms with van der Waals surface area (Å²) in [5, 5.41) is 9.37. The summed E-state index contributed by atoms with van der Waals surface area (Å²) in [6, 6.07) is 3.99. The summed E-state index contributed by atoms with van der Waals surface area (Å²) in [6.45, 7) is 2.80. The molecule has 0 saturated carbocycles. The molecule has 118 valence electrons. The molecule has 3 heterocycles. The second-order valence-corrected chi connectivity index (χ2v) is 7.17.